The van der Waals surface area contributed by atoms with Crippen molar-refractivity contribution < 1.29 is 24.4 Å². The van der Waals surface area contributed by atoms with Crippen molar-refractivity contribution in [3.63, 3.8) is 0 Å². The van der Waals surface area contributed by atoms with Gasteiger partial charge in [0.1, 0.15) is 24.1 Å². The zero-order valence-electron chi connectivity index (χ0n) is 8.95. The minimum Gasteiger partial charge on any atom is -0.394 e. The van der Waals surface area contributed by atoms with E-state index in [0.29, 0.717) is 5.69 Å². The first-order valence-corrected chi connectivity index (χ1v) is 5.26. The Balaban J connectivity index is 2.05. The van der Waals surface area contributed by atoms with Crippen LogP contribution in [-0.2, 0) is 4.74 Å². The van der Waals surface area contributed by atoms with Crippen LogP contribution in [-0.4, -0.2) is 46.5 Å². The summed E-state index contributed by atoms with van der Waals surface area (Å²) < 4.78 is 18.1. The summed E-state index contributed by atoms with van der Waals surface area (Å²) in [6.45, 7) is -0.389. The predicted molar refractivity (Wildman–Crippen MR) is 57.8 cm³/mol. The van der Waals surface area contributed by atoms with Crippen LogP contribution >= 0.6 is 0 Å². The molecule has 1 aromatic rings. The highest BCUT2D eigenvalue weighted by molar-refractivity contribution is 5.44. The van der Waals surface area contributed by atoms with Crippen LogP contribution in [0.4, 0.5) is 10.1 Å². The number of aliphatic hydroxyl groups is 3. The Morgan fingerprint density at radius 2 is 2.06 bits per heavy atom. The van der Waals surface area contributed by atoms with Crippen molar-refractivity contribution in [3.8, 4) is 0 Å². The number of ether oxygens (including phenoxy) is 1. The van der Waals surface area contributed by atoms with Crippen molar-refractivity contribution >= 4 is 5.69 Å². The van der Waals surface area contributed by atoms with Gasteiger partial charge in [-0.25, -0.2) is 4.39 Å². The second kappa shape index (κ2) is 4.97. The third-order valence-corrected chi connectivity index (χ3v) is 2.68. The van der Waals surface area contributed by atoms with Gasteiger partial charge in [0, 0.05) is 5.69 Å². The van der Waals surface area contributed by atoms with Crippen molar-refractivity contribution in [1.29, 1.82) is 0 Å². The molecule has 0 aliphatic carbocycles. The van der Waals surface area contributed by atoms with Crippen LogP contribution in [0.2, 0.25) is 0 Å². The fourth-order valence-electron chi connectivity index (χ4n) is 1.76. The number of halogens is 1. The monoisotopic (exact) mass is 243 g/mol. The first kappa shape index (κ1) is 12.3. The molecule has 1 saturated heterocycles. The molecule has 1 aliphatic rings. The molecule has 0 saturated carbocycles. The molecule has 1 heterocycles. The van der Waals surface area contributed by atoms with Gasteiger partial charge in [-0.3, -0.25) is 0 Å². The number of aliphatic hydroxyl groups excluding tert-OH is 3. The van der Waals surface area contributed by atoms with Crippen LogP contribution in [0, 0.1) is 5.82 Å². The molecular weight excluding hydrogens is 229 g/mol. The van der Waals surface area contributed by atoms with Gasteiger partial charge >= 0.3 is 0 Å². The third kappa shape index (κ3) is 2.55. The number of benzene rings is 1. The Kier molecular flexibility index (Phi) is 3.58. The first-order valence-electron chi connectivity index (χ1n) is 5.26. The SMILES string of the molecule is OC[C@H]1O[C@@H](Nc2cccc(F)c2)[C@H](O)[C@@H]1O. The lowest BCUT2D eigenvalue weighted by Crippen LogP contribution is -2.36. The Hall–Kier alpha value is -1.21. The molecule has 1 fully saturated rings. The molecule has 0 unspecified atom stereocenters. The van der Waals surface area contributed by atoms with E-state index in [9.17, 15) is 14.6 Å². The van der Waals surface area contributed by atoms with Gasteiger partial charge in [0.05, 0.1) is 6.61 Å². The highest BCUT2D eigenvalue weighted by Crippen LogP contribution is 2.23. The van der Waals surface area contributed by atoms with E-state index in [1.54, 1.807) is 6.07 Å². The van der Waals surface area contributed by atoms with Crippen LogP contribution in [0.25, 0.3) is 0 Å². The van der Waals surface area contributed by atoms with E-state index in [-0.39, 0.29) is 6.61 Å². The van der Waals surface area contributed by atoms with Crippen LogP contribution in [0.15, 0.2) is 24.3 Å². The standard InChI is InChI=1S/C11H14FNO4/c12-6-2-1-3-7(4-6)13-11-10(16)9(15)8(5-14)17-11/h1-4,8-11,13-16H,5H2/t8-,9-,10-,11-/m1/s1. The molecule has 4 atom stereocenters. The lowest BCUT2D eigenvalue weighted by Gasteiger charge is -2.17. The van der Waals surface area contributed by atoms with Gasteiger partial charge < -0.3 is 25.4 Å². The number of anilines is 1. The minimum absolute atomic E-state index is 0.389. The zero-order valence-corrected chi connectivity index (χ0v) is 8.95. The first-order chi connectivity index (χ1) is 8.11. The molecule has 5 nitrogen and oxygen atoms in total. The van der Waals surface area contributed by atoms with E-state index in [1.165, 1.54) is 18.2 Å². The fourth-order valence-corrected chi connectivity index (χ4v) is 1.76. The van der Waals surface area contributed by atoms with Crippen molar-refractivity contribution in [1.82, 2.24) is 0 Å². The van der Waals surface area contributed by atoms with E-state index in [1.807, 2.05) is 0 Å². The summed E-state index contributed by atoms with van der Waals surface area (Å²) in [4.78, 5) is 0. The predicted octanol–water partition coefficient (Wildman–Crippen LogP) is -0.323. The summed E-state index contributed by atoms with van der Waals surface area (Å²) in [7, 11) is 0. The quantitative estimate of drug-likeness (QED) is 0.585. The van der Waals surface area contributed by atoms with Gasteiger partial charge in [-0.2, -0.15) is 0 Å². The van der Waals surface area contributed by atoms with Crippen LogP contribution in [0.5, 0.6) is 0 Å². The van der Waals surface area contributed by atoms with Crippen molar-refractivity contribution in [2.45, 2.75) is 24.5 Å². The van der Waals surface area contributed by atoms with Crippen LogP contribution in [0.1, 0.15) is 0 Å². The van der Waals surface area contributed by atoms with E-state index in [2.05, 4.69) is 5.32 Å². The van der Waals surface area contributed by atoms with Crippen molar-refractivity contribution in [2.75, 3.05) is 11.9 Å². The summed E-state index contributed by atoms with van der Waals surface area (Å²) in [6, 6.07) is 5.66. The smallest absolute Gasteiger partial charge is 0.157 e. The molecule has 0 bridgehead atoms. The van der Waals surface area contributed by atoms with E-state index in [0.717, 1.165) is 0 Å². The summed E-state index contributed by atoms with van der Waals surface area (Å²) in [5, 5.41) is 30.8. The second-order valence-electron chi connectivity index (χ2n) is 3.91. The maximum atomic E-state index is 12.9. The Labute approximate surface area is 97.5 Å². The summed E-state index contributed by atoms with van der Waals surface area (Å²) in [5.74, 6) is -0.415. The average molecular weight is 243 g/mol. The van der Waals surface area contributed by atoms with E-state index < -0.39 is 30.4 Å². The number of hydrogen-bond acceptors (Lipinski definition) is 5. The molecule has 94 valence electrons. The van der Waals surface area contributed by atoms with Crippen LogP contribution in [0.3, 0.4) is 0 Å². The van der Waals surface area contributed by atoms with E-state index in [4.69, 9.17) is 9.84 Å². The van der Waals surface area contributed by atoms with E-state index >= 15 is 0 Å². The fraction of sp³-hybridized carbons (Fsp3) is 0.455. The lowest BCUT2D eigenvalue weighted by atomic mass is 10.1. The largest absolute Gasteiger partial charge is 0.394 e. The topological polar surface area (TPSA) is 82.0 Å². The number of hydrogen-bond donors (Lipinski definition) is 4. The minimum atomic E-state index is -1.17. The molecule has 0 aromatic heterocycles. The number of nitrogens with one attached hydrogen (secondary N) is 1. The molecule has 2 rings (SSSR count). The lowest BCUT2D eigenvalue weighted by molar-refractivity contribution is -0.0153. The second-order valence-corrected chi connectivity index (χ2v) is 3.91. The summed E-state index contributed by atoms with van der Waals surface area (Å²) in [5.41, 5.74) is 0.430. The summed E-state index contributed by atoms with van der Waals surface area (Å²) in [6.07, 6.45) is -4.04. The zero-order chi connectivity index (χ0) is 12.4. The van der Waals surface area contributed by atoms with Crippen molar-refractivity contribution in [2.24, 2.45) is 0 Å². The third-order valence-electron chi connectivity index (χ3n) is 2.68. The Morgan fingerprint density at radius 1 is 1.29 bits per heavy atom. The average Bonchev–Trinajstić information content (AvgIpc) is 2.57. The molecule has 17 heavy (non-hydrogen) atoms. The molecule has 0 amide bonds. The van der Waals surface area contributed by atoms with Gasteiger partial charge in [-0.15, -0.1) is 0 Å². The van der Waals surface area contributed by atoms with Gasteiger partial charge in [0.25, 0.3) is 0 Å². The highest BCUT2D eigenvalue weighted by Gasteiger charge is 2.42. The van der Waals surface area contributed by atoms with Gasteiger partial charge in [0.2, 0.25) is 0 Å². The summed E-state index contributed by atoms with van der Waals surface area (Å²) >= 11 is 0. The molecule has 0 spiro atoms. The van der Waals surface area contributed by atoms with Gasteiger partial charge in [-0.05, 0) is 18.2 Å². The molecular formula is C11H14FNO4. The normalized spacial score (nSPS) is 32.7. The van der Waals surface area contributed by atoms with Gasteiger partial charge in [-0.1, -0.05) is 6.07 Å². The maximum Gasteiger partial charge on any atom is 0.157 e. The Morgan fingerprint density at radius 3 is 2.65 bits per heavy atom. The Bertz CT molecular complexity index is 389. The molecule has 0 radical (unpaired) electrons. The van der Waals surface area contributed by atoms with Crippen LogP contribution < -0.4 is 5.32 Å². The molecule has 6 heteroatoms. The highest BCUT2D eigenvalue weighted by atomic mass is 19.1. The molecule has 1 aliphatic heterocycles. The number of rotatable bonds is 3. The molecule has 1 aromatic carbocycles. The van der Waals surface area contributed by atoms with Gasteiger partial charge in [0.15, 0.2) is 6.23 Å². The maximum absolute atomic E-state index is 12.9. The van der Waals surface area contributed by atoms with Crippen molar-refractivity contribution in [3.05, 3.63) is 30.1 Å². The molecule has 4 N–H and O–H groups in total.